The van der Waals surface area contributed by atoms with E-state index in [1.165, 1.54) is 0 Å². The van der Waals surface area contributed by atoms with Crippen LogP contribution in [0.5, 0.6) is 0 Å². The molecule has 1 aromatic heterocycles. The summed E-state index contributed by atoms with van der Waals surface area (Å²) in [4.78, 5) is 14.0. The highest BCUT2D eigenvalue weighted by molar-refractivity contribution is 6.20. The molecular weight excluding hydrogens is 252 g/mol. The van der Waals surface area contributed by atoms with Crippen molar-refractivity contribution < 1.29 is 9.21 Å². The van der Waals surface area contributed by atoms with Crippen LogP contribution in [0.3, 0.4) is 0 Å². The second-order valence-corrected chi connectivity index (χ2v) is 4.76. The van der Waals surface area contributed by atoms with E-state index in [1.807, 2.05) is 6.92 Å². The largest absolute Gasteiger partial charge is 0.454 e. The van der Waals surface area contributed by atoms with Gasteiger partial charge in [-0.15, -0.1) is 11.6 Å². The molecule has 1 heterocycles. The zero-order chi connectivity index (χ0) is 13.5. The third-order valence-electron chi connectivity index (χ3n) is 2.85. The lowest BCUT2D eigenvalue weighted by Gasteiger charge is -2.17. The maximum Gasteiger partial charge on any atom is 0.287 e. The fourth-order valence-electron chi connectivity index (χ4n) is 1.64. The molecule has 4 nitrogen and oxygen atoms in total. The lowest BCUT2D eigenvalue weighted by molar-refractivity contribution is 0.0919. The number of furan rings is 1. The first-order valence-corrected chi connectivity index (χ1v) is 6.76. The Hall–Kier alpha value is -1.00. The van der Waals surface area contributed by atoms with Gasteiger partial charge in [-0.2, -0.15) is 0 Å². The molecule has 0 saturated carbocycles. The highest BCUT2D eigenvalue weighted by atomic mass is 35.5. The number of hydrogen-bond acceptors (Lipinski definition) is 3. The van der Waals surface area contributed by atoms with Crippen LogP contribution in [0.1, 0.15) is 42.5 Å². The summed E-state index contributed by atoms with van der Waals surface area (Å²) < 4.78 is 5.36. The van der Waals surface area contributed by atoms with E-state index < -0.39 is 0 Å². The molecule has 1 atom stereocenters. The van der Waals surface area contributed by atoms with Crippen LogP contribution in [-0.2, 0) is 0 Å². The van der Waals surface area contributed by atoms with E-state index >= 15 is 0 Å². The van der Waals surface area contributed by atoms with Gasteiger partial charge in [-0.05, 0) is 32.1 Å². The van der Waals surface area contributed by atoms with Crippen LogP contribution < -0.4 is 5.32 Å². The van der Waals surface area contributed by atoms with Crippen LogP contribution in [0.2, 0.25) is 0 Å². The smallest absolute Gasteiger partial charge is 0.287 e. The lowest BCUT2D eigenvalue weighted by Crippen LogP contribution is -2.34. The van der Waals surface area contributed by atoms with Crippen molar-refractivity contribution in [3.8, 4) is 0 Å². The molecule has 0 saturated heterocycles. The number of likely N-dealkylation sites (N-methyl/N-ethyl adjacent to an activating group) is 1. The molecule has 0 aromatic carbocycles. The number of nitrogens with one attached hydrogen (secondary N) is 1. The zero-order valence-corrected chi connectivity index (χ0v) is 12.0. The standard InChI is InChI=1S/C13H21ClN2O2/c1-4-16(5-2)9-8-15-13(17)12-7-6-11(18-12)10(3)14/h6-7,10H,4-5,8-9H2,1-3H3,(H,15,17). The third-order valence-corrected chi connectivity index (χ3v) is 3.07. The van der Waals surface area contributed by atoms with Gasteiger partial charge in [0.05, 0.1) is 5.38 Å². The predicted molar refractivity (Wildman–Crippen MR) is 73.1 cm³/mol. The van der Waals surface area contributed by atoms with Crippen molar-refractivity contribution in [2.24, 2.45) is 0 Å². The minimum atomic E-state index is -0.220. The highest BCUT2D eigenvalue weighted by Gasteiger charge is 2.13. The van der Waals surface area contributed by atoms with E-state index in [0.29, 0.717) is 18.1 Å². The fourth-order valence-corrected chi connectivity index (χ4v) is 1.76. The van der Waals surface area contributed by atoms with Gasteiger partial charge in [-0.1, -0.05) is 13.8 Å². The molecule has 1 N–H and O–H groups in total. The van der Waals surface area contributed by atoms with E-state index in [2.05, 4.69) is 24.1 Å². The number of carbonyl (C=O) groups excluding carboxylic acids is 1. The molecule has 0 spiro atoms. The minimum absolute atomic E-state index is 0.189. The summed E-state index contributed by atoms with van der Waals surface area (Å²) in [6, 6.07) is 3.39. The summed E-state index contributed by atoms with van der Waals surface area (Å²) in [6.07, 6.45) is 0. The maximum atomic E-state index is 11.8. The van der Waals surface area contributed by atoms with Crippen molar-refractivity contribution in [2.75, 3.05) is 26.2 Å². The summed E-state index contributed by atoms with van der Waals surface area (Å²) in [5.41, 5.74) is 0. The van der Waals surface area contributed by atoms with E-state index in [0.717, 1.165) is 19.6 Å². The van der Waals surface area contributed by atoms with Crippen molar-refractivity contribution >= 4 is 17.5 Å². The van der Waals surface area contributed by atoms with Crippen LogP contribution in [0.25, 0.3) is 0 Å². The molecule has 102 valence electrons. The second kappa shape index (κ2) is 7.44. The molecule has 0 fully saturated rings. The number of hydrogen-bond donors (Lipinski definition) is 1. The molecule has 0 aliphatic rings. The summed E-state index contributed by atoms with van der Waals surface area (Å²) in [7, 11) is 0. The van der Waals surface area contributed by atoms with Crippen LogP contribution in [0.15, 0.2) is 16.5 Å². The van der Waals surface area contributed by atoms with Gasteiger partial charge in [-0.25, -0.2) is 0 Å². The Labute approximate surface area is 113 Å². The van der Waals surface area contributed by atoms with E-state index in [1.54, 1.807) is 12.1 Å². The first-order valence-electron chi connectivity index (χ1n) is 6.32. The molecule has 0 aliphatic carbocycles. The molecule has 0 bridgehead atoms. The van der Waals surface area contributed by atoms with E-state index in [4.69, 9.17) is 16.0 Å². The van der Waals surface area contributed by atoms with Crippen molar-refractivity contribution in [3.63, 3.8) is 0 Å². The molecular formula is C13H21ClN2O2. The Morgan fingerprint density at radius 3 is 2.61 bits per heavy atom. The number of nitrogens with zero attached hydrogens (tertiary/aromatic N) is 1. The summed E-state index contributed by atoms with van der Waals surface area (Å²) in [6.45, 7) is 9.45. The number of amides is 1. The van der Waals surface area contributed by atoms with Crippen LogP contribution in [-0.4, -0.2) is 37.0 Å². The molecule has 1 rings (SSSR count). The molecule has 1 unspecified atom stereocenters. The van der Waals surface area contributed by atoms with Crippen LogP contribution in [0.4, 0.5) is 0 Å². The Balaban J connectivity index is 2.40. The van der Waals surface area contributed by atoms with Crippen LogP contribution in [0, 0.1) is 0 Å². The topological polar surface area (TPSA) is 45.5 Å². The van der Waals surface area contributed by atoms with Gasteiger partial charge in [0.2, 0.25) is 0 Å². The second-order valence-electron chi connectivity index (χ2n) is 4.10. The van der Waals surface area contributed by atoms with E-state index in [-0.39, 0.29) is 11.3 Å². The summed E-state index contributed by atoms with van der Waals surface area (Å²) in [5, 5.41) is 2.61. The number of alkyl halides is 1. The van der Waals surface area contributed by atoms with E-state index in [9.17, 15) is 4.79 Å². The van der Waals surface area contributed by atoms with Gasteiger partial charge in [-0.3, -0.25) is 4.79 Å². The quantitative estimate of drug-likeness (QED) is 0.776. The number of halogens is 1. The Bertz CT molecular complexity index is 373. The monoisotopic (exact) mass is 272 g/mol. The van der Waals surface area contributed by atoms with Crippen molar-refractivity contribution in [1.29, 1.82) is 0 Å². The van der Waals surface area contributed by atoms with Gasteiger partial charge in [0, 0.05) is 13.1 Å². The maximum absolute atomic E-state index is 11.8. The Kier molecular flexibility index (Phi) is 6.22. The molecule has 0 aliphatic heterocycles. The summed E-state index contributed by atoms with van der Waals surface area (Å²) >= 11 is 5.87. The number of rotatable bonds is 7. The zero-order valence-electron chi connectivity index (χ0n) is 11.2. The summed E-state index contributed by atoms with van der Waals surface area (Å²) in [5.74, 6) is 0.744. The lowest BCUT2D eigenvalue weighted by atomic mass is 10.3. The average Bonchev–Trinajstić information content (AvgIpc) is 2.84. The SMILES string of the molecule is CCN(CC)CCNC(=O)c1ccc(C(C)Cl)o1. The van der Waals surface area contributed by atoms with Gasteiger partial charge < -0.3 is 14.6 Å². The fraction of sp³-hybridized carbons (Fsp3) is 0.615. The average molecular weight is 273 g/mol. The molecule has 18 heavy (non-hydrogen) atoms. The predicted octanol–water partition coefficient (Wildman–Crippen LogP) is 2.65. The number of carbonyl (C=O) groups is 1. The van der Waals surface area contributed by atoms with Gasteiger partial charge >= 0.3 is 0 Å². The van der Waals surface area contributed by atoms with Gasteiger partial charge in [0.15, 0.2) is 5.76 Å². The third kappa shape index (κ3) is 4.35. The highest BCUT2D eigenvalue weighted by Crippen LogP contribution is 2.21. The van der Waals surface area contributed by atoms with Crippen molar-refractivity contribution in [3.05, 3.63) is 23.7 Å². The normalized spacial score (nSPS) is 12.7. The molecule has 5 heteroatoms. The Morgan fingerprint density at radius 1 is 1.44 bits per heavy atom. The minimum Gasteiger partial charge on any atom is -0.454 e. The first kappa shape index (κ1) is 15.1. The van der Waals surface area contributed by atoms with Crippen LogP contribution >= 0.6 is 11.6 Å². The molecule has 1 amide bonds. The first-order chi connectivity index (χ1) is 8.58. The molecule has 1 aromatic rings. The van der Waals surface area contributed by atoms with Crippen molar-refractivity contribution in [1.82, 2.24) is 10.2 Å². The molecule has 0 radical (unpaired) electrons. The Morgan fingerprint density at radius 2 is 2.11 bits per heavy atom. The van der Waals surface area contributed by atoms with Gasteiger partial charge in [0.1, 0.15) is 5.76 Å². The van der Waals surface area contributed by atoms with Gasteiger partial charge in [0.25, 0.3) is 5.91 Å². The van der Waals surface area contributed by atoms with Crippen molar-refractivity contribution in [2.45, 2.75) is 26.1 Å².